The summed E-state index contributed by atoms with van der Waals surface area (Å²) in [6, 6.07) is 23.3. The van der Waals surface area contributed by atoms with Gasteiger partial charge in [-0.15, -0.1) is 0 Å². The average molecular weight is 437 g/mol. The average Bonchev–Trinajstić information content (AvgIpc) is 3.20. The van der Waals surface area contributed by atoms with Gasteiger partial charge in [0, 0.05) is 32.2 Å². The second-order valence-corrected chi connectivity index (χ2v) is 9.51. The van der Waals surface area contributed by atoms with Crippen LogP contribution in [0.25, 0.3) is 0 Å². The van der Waals surface area contributed by atoms with Crippen molar-refractivity contribution in [3.05, 3.63) is 84.4 Å². The third kappa shape index (κ3) is 4.78. The van der Waals surface area contributed by atoms with Crippen LogP contribution in [0.2, 0.25) is 0 Å². The Bertz CT molecular complexity index is 1160. The number of anilines is 1. The summed E-state index contributed by atoms with van der Waals surface area (Å²) in [4.78, 5) is 13.8. The molecule has 1 saturated heterocycles. The molecule has 0 aromatic heterocycles. The van der Waals surface area contributed by atoms with Gasteiger partial charge in [-0.25, -0.2) is 8.42 Å². The van der Waals surface area contributed by atoms with E-state index in [-0.39, 0.29) is 17.3 Å². The van der Waals surface area contributed by atoms with Crippen molar-refractivity contribution in [2.24, 2.45) is 0 Å². The molecule has 6 nitrogen and oxygen atoms in total. The minimum Gasteiger partial charge on any atom is -0.457 e. The Hall–Kier alpha value is -3.16. The molecule has 0 radical (unpaired) electrons. The van der Waals surface area contributed by atoms with Gasteiger partial charge in [-0.1, -0.05) is 30.3 Å². The molecule has 7 heteroatoms. The normalized spacial score (nSPS) is 14.3. The van der Waals surface area contributed by atoms with Crippen LogP contribution in [0.1, 0.15) is 18.4 Å². The molecule has 0 aliphatic carbocycles. The Labute approximate surface area is 182 Å². The summed E-state index contributed by atoms with van der Waals surface area (Å²) in [5.41, 5.74) is 1.55. The van der Waals surface area contributed by atoms with Crippen LogP contribution in [0, 0.1) is 0 Å². The maximum atomic E-state index is 13.0. The fraction of sp³-hybridized carbons (Fsp3) is 0.208. The Balaban J connectivity index is 1.47. The Morgan fingerprint density at radius 3 is 2.32 bits per heavy atom. The third-order valence-electron chi connectivity index (χ3n) is 5.21. The van der Waals surface area contributed by atoms with Gasteiger partial charge in [0.15, 0.2) is 0 Å². The first-order chi connectivity index (χ1) is 14.9. The van der Waals surface area contributed by atoms with Crippen LogP contribution in [0.5, 0.6) is 11.5 Å². The minimum absolute atomic E-state index is 0.0744. The lowest BCUT2D eigenvalue weighted by Crippen LogP contribution is -2.27. The highest BCUT2D eigenvalue weighted by atomic mass is 32.2. The molecule has 160 valence electrons. The summed E-state index contributed by atoms with van der Waals surface area (Å²) in [7, 11) is -2.12. The van der Waals surface area contributed by atoms with E-state index in [0.29, 0.717) is 18.7 Å². The van der Waals surface area contributed by atoms with E-state index >= 15 is 0 Å². The van der Waals surface area contributed by atoms with E-state index < -0.39 is 10.0 Å². The molecular formula is C24H24N2O4S. The molecule has 3 aromatic carbocycles. The number of hydrogen-bond acceptors (Lipinski definition) is 4. The first kappa shape index (κ1) is 21.1. The van der Waals surface area contributed by atoms with Crippen molar-refractivity contribution in [2.75, 3.05) is 18.5 Å². The number of para-hydroxylation sites is 1. The molecule has 0 saturated carbocycles. The Kier molecular flexibility index (Phi) is 6.06. The highest BCUT2D eigenvalue weighted by Gasteiger charge is 2.24. The molecule has 0 atom stereocenters. The van der Waals surface area contributed by atoms with Gasteiger partial charge in [0.1, 0.15) is 11.5 Å². The molecule has 0 unspecified atom stereocenters. The van der Waals surface area contributed by atoms with Crippen molar-refractivity contribution in [1.29, 1.82) is 0 Å². The lowest BCUT2D eigenvalue weighted by atomic mass is 10.2. The number of ether oxygens (including phenoxy) is 1. The summed E-state index contributed by atoms with van der Waals surface area (Å²) in [5, 5.41) is 0. The smallest absolute Gasteiger partial charge is 0.243 e. The number of rotatable bonds is 7. The molecule has 0 spiro atoms. The van der Waals surface area contributed by atoms with Crippen molar-refractivity contribution in [2.45, 2.75) is 24.3 Å². The summed E-state index contributed by atoms with van der Waals surface area (Å²) < 4.78 is 33.2. The second kappa shape index (κ2) is 8.91. The molecule has 0 N–H and O–H groups in total. The summed E-state index contributed by atoms with van der Waals surface area (Å²) in [6.07, 6.45) is 1.37. The Morgan fingerprint density at radius 1 is 0.935 bits per heavy atom. The van der Waals surface area contributed by atoms with E-state index in [1.165, 1.54) is 4.31 Å². The van der Waals surface area contributed by atoms with E-state index in [9.17, 15) is 13.2 Å². The highest BCUT2D eigenvalue weighted by molar-refractivity contribution is 7.89. The Morgan fingerprint density at radius 2 is 1.65 bits per heavy atom. The van der Waals surface area contributed by atoms with E-state index in [1.807, 2.05) is 54.6 Å². The standard InChI is InChI=1S/C24H24N2O4S/c1-25(18-19-7-5-10-22(17-19)30-21-8-3-2-4-9-21)31(28,29)23-14-12-20(13-15-23)26-16-6-11-24(26)27/h2-5,7-10,12-15,17H,6,11,16,18H2,1H3. The molecule has 1 amide bonds. The third-order valence-corrected chi connectivity index (χ3v) is 7.03. The molecule has 1 aliphatic rings. The predicted octanol–water partition coefficient (Wildman–Crippen LogP) is 4.43. The number of carbonyl (C=O) groups excluding carboxylic acids is 1. The van der Waals surface area contributed by atoms with Gasteiger partial charge >= 0.3 is 0 Å². The fourth-order valence-corrected chi connectivity index (χ4v) is 4.73. The lowest BCUT2D eigenvalue weighted by molar-refractivity contribution is -0.117. The van der Waals surface area contributed by atoms with Crippen molar-refractivity contribution < 1.29 is 17.9 Å². The first-order valence-corrected chi connectivity index (χ1v) is 11.6. The number of hydrogen-bond donors (Lipinski definition) is 0. The lowest BCUT2D eigenvalue weighted by Gasteiger charge is -2.19. The highest BCUT2D eigenvalue weighted by Crippen LogP contribution is 2.26. The quantitative estimate of drug-likeness (QED) is 0.550. The fourth-order valence-electron chi connectivity index (χ4n) is 3.57. The van der Waals surface area contributed by atoms with Crippen molar-refractivity contribution in [3.8, 4) is 11.5 Å². The van der Waals surface area contributed by atoms with Crippen LogP contribution in [0.4, 0.5) is 5.69 Å². The molecule has 1 aliphatic heterocycles. The zero-order chi connectivity index (χ0) is 21.8. The predicted molar refractivity (Wildman–Crippen MR) is 120 cm³/mol. The van der Waals surface area contributed by atoms with E-state index in [4.69, 9.17) is 4.74 Å². The molecule has 31 heavy (non-hydrogen) atoms. The monoisotopic (exact) mass is 436 g/mol. The van der Waals surface area contributed by atoms with E-state index in [2.05, 4.69) is 0 Å². The first-order valence-electron chi connectivity index (χ1n) is 10.1. The van der Waals surface area contributed by atoms with Gasteiger partial charge in [0.25, 0.3) is 0 Å². The van der Waals surface area contributed by atoms with Gasteiger partial charge in [0.05, 0.1) is 4.90 Å². The largest absolute Gasteiger partial charge is 0.457 e. The number of benzene rings is 3. The molecule has 0 bridgehead atoms. The van der Waals surface area contributed by atoms with Crippen LogP contribution in [-0.2, 0) is 21.4 Å². The van der Waals surface area contributed by atoms with Crippen LogP contribution in [-0.4, -0.2) is 32.2 Å². The zero-order valence-corrected chi connectivity index (χ0v) is 18.1. The van der Waals surface area contributed by atoms with Gasteiger partial charge in [-0.05, 0) is 60.5 Å². The van der Waals surface area contributed by atoms with Gasteiger partial charge in [-0.3, -0.25) is 4.79 Å². The maximum Gasteiger partial charge on any atom is 0.243 e. The van der Waals surface area contributed by atoms with Crippen molar-refractivity contribution in [3.63, 3.8) is 0 Å². The van der Waals surface area contributed by atoms with Crippen LogP contribution in [0.15, 0.2) is 83.8 Å². The van der Waals surface area contributed by atoms with Gasteiger partial charge in [0.2, 0.25) is 15.9 Å². The van der Waals surface area contributed by atoms with Crippen molar-refractivity contribution in [1.82, 2.24) is 4.31 Å². The number of sulfonamides is 1. The SMILES string of the molecule is CN(Cc1cccc(Oc2ccccc2)c1)S(=O)(=O)c1ccc(N2CCCC2=O)cc1. The number of nitrogens with zero attached hydrogens (tertiary/aromatic N) is 2. The summed E-state index contributed by atoms with van der Waals surface area (Å²) in [6.45, 7) is 0.882. The molecule has 4 rings (SSSR count). The topological polar surface area (TPSA) is 66.9 Å². The zero-order valence-electron chi connectivity index (χ0n) is 17.3. The molecule has 1 heterocycles. The van der Waals surface area contributed by atoms with Crippen LogP contribution in [0.3, 0.4) is 0 Å². The van der Waals surface area contributed by atoms with Gasteiger partial charge in [-0.2, -0.15) is 4.31 Å². The van der Waals surface area contributed by atoms with E-state index in [0.717, 1.165) is 23.4 Å². The molecule has 3 aromatic rings. The summed E-state index contributed by atoms with van der Waals surface area (Å²) >= 11 is 0. The van der Waals surface area contributed by atoms with Crippen LogP contribution < -0.4 is 9.64 Å². The van der Waals surface area contributed by atoms with Gasteiger partial charge < -0.3 is 9.64 Å². The number of carbonyl (C=O) groups is 1. The van der Waals surface area contributed by atoms with E-state index in [1.54, 1.807) is 36.2 Å². The van der Waals surface area contributed by atoms with Crippen molar-refractivity contribution >= 4 is 21.6 Å². The summed E-state index contributed by atoms with van der Waals surface area (Å²) in [5.74, 6) is 1.44. The minimum atomic E-state index is -3.67. The molecular weight excluding hydrogens is 412 g/mol. The maximum absolute atomic E-state index is 13.0. The number of amides is 1. The molecule has 1 fully saturated rings. The van der Waals surface area contributed by atoms with Crippen LogP contribution >= 0.6 is 0 Å². The second-order valence-electron chi connectivity index (χ2n) is 7.47.